The molecular formula is C31H30N4O3S. The Morgan fingerprint density at radius 2 is 1.72 bits per heavy atom. The van der Waals surface area contributed by atoms with Crippen molar-refractivity contribution in [2.45, 2.75) is 33.1 Å². The van der Waals surface area contributed by atoms with Gasteiger partial charge in [0, 0.05) is 5.56 Å². The molecule has 8 heteroatoms. The smallest absolute Gasteiger partial charge is 0.283 e. The molecular weight excluding hydrogens is 508 g/mol. The number of amides is 1. The number of hydrogen-bond acceptors (Lipinski definition) is 6. The number of ether oxygens (including phenoxy) is 2. The molecule has 0 saturated carbocycles. The number of carbonyl (C=O) groups excluding carboxylic acids is 1. The van der Waals surface area contributed by atoms with Crippen molar-refractivity contribution in [3.63, 3.8) is 0 Å². The van der Waals surface area contributed by atoms with Crippen molar-refractivity contribution in [2.75, 3.05) is 13.2 Å². The number of carbonyl (C=O) groups is 1. The number of amidine groups is 2. The molecule has 0 aliphatic carbocycles. The van der Waals surface area contributed by atoms with Crippen molar-refractivity contribution >= 4 is 39.8 Å². The van der Waals surface area contributed by atoms with Gasteiger partial charge in [-0.25, -0.2) is 0 Å². The average molecular weight is 539 g/mol. The summed E-state index contributed by atoms with van der Waals surface area (Å²) in [5, 5.41) is 15.7. The van der Waals surface area contributed by atoms with E-state index in [1.54, 1.807) is 6.08 Å². The summed E-state index contributed by atoms with van der Waals surface area (Å²) in [6.45, 7) is 7.20. The number of rotatable bonds is 9. The number of thioether (sulfide) groups is 1. The van der Waals surface area contributed by atoms with E-state index in [4.69, 9.17) is 14.9 Å². The zero-order valence-electron chi connectivity index (χ0n) is 22.2. The summed E-state index contributed by atoms with van der Waals surface area (Å²) in [7, 11) is 0. The number of benzene rings is 3. The Bertz CT molecular complexity index is 1480. The number of fused-ring (bicyclic) bond motifs is 1. The topological polar surface area (TPSA) is 87.3 Å². The molecule has 0 saturated heterocycles. The van der Waals surface area contributed by atoms with Gasteiger partial charge >= 0.3 is 0 Å². The predicted octanol–water partition coefficient (Wildman–Crippen LogP) is 6.63. The van der Waals surface area contributed by atoms with Crippen molar-refractivity contribution in [1.82, 2.24) is 5.01 Å². The Labute approximate surface area is 232 Å². The van der Waals surface area contributed by atoms with Gasteiger partial charge in [0.1, 0.15) is 29.8 Å². The van der Waals surface area contributed by atoms with E-state index in [1.807, 2.05) is 67.6 Å². The fourth-order valence-electron chi connectivity index (χ4n) is 4.11. The monoisotopic (exact) mass is 538 g/mol. The summed E-state index contributed by atoms with van der Waals surface area (Å²) in [4.78, 5) is 17.0. The van der Waals surface area contributed by atoms with Crippen LogP contribution in [0.3, 0.4) is 0 Å². The van der Waals surface area contributed by atoms with Gasteiger partial charge in [0.25, 0.3) is 5.91 Å². The Kier molecular flexibility index (Phi) is 7.93. The predicted molar refractivity (Wildman–Crippen MR) is 158 cm³/mol. The first-order chi connectivity index (χ1) is 18.9. The van der Waals surface area contributed by atoms with Crippen LogP contribution in [-0.4, -0.2) is 40.2 Å². The zero-order chi connectivity index (χ0) is 27.4. The van der Waals surface area contributed by atoms with Crippen molar-refractivity contribution in [2.24, 2.45) is 10.1 Å². The third kappa shape index (κ3) is 6.12. The summed E-state index contributed by atoms with van der Waals surface area (Å²) >= 11 is 1.29. The number of aryl methyl sites for hydroxylation is 1. The van der Waals surface area contributed by atoms with Crippen LogP contribution in [0.5, 0.6) is 11.5 Å². The van der Waals surface area contributed by atoms with E-state index in [0.29, 0.717) is 35.1 Å². The van der Waals surface area contributed by atoms with Gasteiger partial charge in [-0.1, -0.05) is 67.9 Å². The summed E-state index contributed by atoms with van der Waals surface area (Å²) < 4.78 is 11.7. The minimum Gasteiger partial charge on any atom is -0.490 e. The van der Waals surface area contributed by atoms with Gasteiger partial charge in [0.2, 0.25) is 5.17 Å². The first-order valence-corrected chi connectivity index (χ1v) is 13.8. The Morgan fingerprint density at radius 3 is 2.44 bits per heavy atom. The zero-order valence-corrected chi connectivity index (χ0v) is 23.0. The molecule has 2 heterocycles. The molecule has 1 amide bonds. The highest BCUT2D eigenvalue weighted by Gasteiger charge is 2.36. The van der Waals surface area contributed by atoms with Crippen LogP contribution in [0.25, 0.3) is 6.08 Å². The van der Waals surface area contributed by atoms with Crippen LogP contribution in [0.2, 0.25) is 0 Å². The van der Waals surface area contributed by atoms with E-state index in [-0.39, 0.29) is 11.4 Å². The maximum Gasteiger partial charge on any atom is 0.283 e. The highest BCUT2D eigenvalue weighted by molar-refractivity contribution is 8.27. The van der Waals surface area contributed by atoms with E-state index < -0.39 is 5.91 Å². The molecule has 2 aliphatic heterocycles. The molecule has 0 fully saturated rings. The maximum atomic E-state index is 12.8. The maximum absolute atomic E-state index is 12.8. The van der Waals surface area contributed by atoms with Gasteiger partial charge < -0.3 is 9.47 Å². The summed E-state index contributed by atoms with van der Waals surface area (Å²) in [6.07, 6.45) is 2.75. The van der Waals surface area contributed by atoms with E-state index >= 15 is 0 Å². The molecule has 0 aromatic heterocycles. The highest BCUT2D eigenvalue weighted by Crippen LogP contribution is 2.31. The van der Waals surface area contributed by atoms with E-state index in [1.165, 1.54) is 22.3 Å². The first kappa shape index (κ1) is 26.4. The quantitative estimate of drug-likeness (QED) is 0.244. The minimum atomic E-state index is -0.460. The molecule has 39 heavy (non-hydrogen) atoms. The van der Waals surface area contributed by atoms with Crippen LogP contribution >= 0.6 is 11.8 Å². The molecule has 1 atom stereocenters. The Morgan fingerprint density at radius 1 is 1.00 bits per heavy atom. The lowest BCUT2D eigenvalue weighted by atomic mass is 9.99. The second kappa shape index (κ2) is 11.7. The number of hydrazone groups is 1. The molecule has 2 aliphatic rings. The van der Waals surface area contributed by atoms with Gasteiger partial charge in [-0.15, -0.1) is 0 Å². The van der Waals surface area contributed by atoms with Crippen LogP contribution in [0.1, 0.15) is 48.4 Å². The summed E-state index contributed by atoms with van der Waals surface area (Å²) in [5.41, 5.74) is 4.28. The number of nitrogens with zero attached hydrogens (tertiary/aromatic N) is 3. The number of nitrogens with one attached hydrogen (secondary N) is 1. The average Bonchev–Trinajstić information content (AvgIpc) is 3.38. The van der Waals surface area contributed by atoms with Gasteiger partial charge in [-0.3, -0.25) is 10.2 Å². The normalized spacial score (nSPS) is 16.6. The summed E-state index contributed by atoms with van der Waals surface area (Å²) in [6, 6.07) is 23.5. The van der Waals surface area contributed by atoms with Crippen molar-refractivity contribution < 1.29 is 14.3 Å². The summed E-state index contributed by atoms with van der Waals surface area (Å²) in [5.74, 6) is 1.53. The lowest BCUT2D eigenvalue weighted by Gasteiger charge is -2.20. The van der Waals surface area contributed by atoms with Crippen molar-refractivity contribution in [3.8, 4) is 11.5 Å². The minimum absolute atomic E-state index is 0.00122. The molecule has 0 radical (unpaired) electrons. The molecule has 3 aromatic rings. The van der Waals surface area contributed by atoms with Gasteiger partial charge in [-0.2, -0.15) is 15.1 Å². The second-order valence-electron chi connectivity index (χ2n) is 9.44. The van der Waals surface area contributed by atoms with Crippen LogP contribution in [0.4, 0.5) is 0 Å². The molecule has 5 rings (SSSR count). The van der Waals surface area contributed by atoms with Crippen LogP contribution in [0.15, 0.2) is 88.5 Å². The molecule has 3 aromatic carbocycles. The number of aliphatic imine (C=N–C) groups is 1. The first-order valence-electron chi connectivity index (χ1n) is 12.9. The third-order valence-electron chi connectivity index (χ3n) is 6.60. The third-order valence-corrected chi connectivity index (χ3v) is 7.56. The Balaban J connectivity index is 1.21. The van der Waals surface area contributed by atoms with Crippen LogP contribution in [-0.2, 0) is 4.79 Å². The Hall–Kier alpha value is -4.17. The molecule has 0 unspecified atom stereocenters. The van der Waals surface area contributed by atoms with Gasteiger partial charge in [-0.05, 0) is 72.5 Å². The largest absolute Gasteiger partial charge is 0.490 e. The second-order valence-corrected chi connectivity index (χ2v) is 10.4. The van der Waals surface area contributed by atoms with Crippen molar-refractivity contribution in [1.29, 1.82) is 5.41 Å². The highest BCUT2D eigenvalue weighted by atomic mass is 32.2. The van der Waals surface area contributed by atoms with Crippen LogP contribution in [0, 0.1) is 12.3 Å². The number of hydrogen-bond donors (Lipinski definition) is 1. The molecule has 198 valence electrons. The van der Waals surface area contributed by atoms with Gasteiger partial charge in [0.15, 0.2) is 5.84 Å². The molecule has 0 bridgehead atoms. The lowest BCUT2D eigenvalue weighted by molar-refractivity contribution is -0.114. The SMILES string of the molecule is CC[C@H](C)c1ccc(OCCOc2cccc(/C=C3/C(=N)N4N=C(c5ccc(C)cc5)SC4=NC3=O)c2)cc1. The molecule has 7 nitrogen and oxygen atoms in total. The molecule has 0 spiro atoms. The van der Waals surface area contributed by atoms with E-state index in [0.717, 1.165) is 28.9 Å². The van der Waals surface area contributed by atoms with Crippen LogP contribution < -0.4 is 9.47 Å². The fourth-order valence-corrected chi connectivity index (χ4v) is 5.01. The van der Waals surface area contributed by atoms with E-state index in [9.17, 15) is 4.79 Å². The lowest BCUT2D eigenvalue weighted by Crippen LogP contribution is -2.35. The van der Waals surface area contributed by atoms with Crippen molar-refractivity contribution in [3.05, 3.63) is 101 Å². The van der Waals surface area contributed by atoms with Gasteiger partial charge in [0.05, 0.1) is 5.57 Å². The fraction of sp³-hybridized carbons (Fsp3) is 0.226. The standard InChI is InChI=1S/C31H30N4O3S/c1-4-21(3)23-12-14-25(15-13-23)37-16-17-38-26-7-5-6-22(18-26)19-27-28(32)35-31(33-29(27)36)39-30(34-35)24-10-8-20(2)9-11-24/h5-15,18-19,21,32H,4,16-17H2,1-3H3/b27-19-,32-28?/t21-/m0/s1. The van der Waals surface area contributed by atoms with E-state index in [2.05, 4.69) is 36.1 Å². The molecule has 1 N–H and O–H groups in total.